The summed E-state index contributed by atoms with van der Waals surface area (Å²) < 4.78 is 0. The van der Waals surface area contributed by atoms with Crippen molar-refractivity contribution in [2.24, 2.45) is 0 Å². The second-order valence-corrected chi connectivity index (χ2v) is 3.94. The van der Waals surface area contributed by atoms with Crippen LogP contribution in [0, 0.1) is 0 Å². The Bertz CT molecular complexity index is 329. The molecule has 1 atom stereocenters. The van der Waals surface area contributed by atoms with E-state index in [1.807, 2.05) is 13.1 Å². The van der Waals surface area contributed by atoms with E-state index >= 15 is 0 Å². The lowest BCUT2D eigenvalue weighted by atomic mass is 10.2. The molecule has 0 bridgehead atoms. The Labute approximate surface area is 89.9 Å². The number of aromatic nitrogens is 1. The summed E-state index contributed by atoms with van der Waals surface area (Å²) in [5.74, 6) is 0.930. The predicted molar refractivity (Wildman–Crippen MR) is 59.7 cm³/mol. The Morgan fingerprint density at radius 2 is 2.53 bits per heavy atom. The zero-order valence-corrected chi connectivity index (χ0v) is 8.98. The summed E-state index contributed by atoms with van der Waals surface area (Å²) in [5.41, 5.74) is 1.19. The number of aliphatic hydroxyl groups excluding tert-OH is 1. The molecule has 1 aliphatic rings. The van der Waals surface area contributed by atoms with Gasteiger partial charge in [0.1, 0.15) is 5.82 Å². The molecule has 0 radical (unpaired) electrons. The largest absolute Gasteiger partial charge is 0.392 e. The van der Waals surface area contributed by atoms with Crippen LogP contribution in [0.2, 0.25) is 0 Å². The number of anilines is 1. The molecule has 1 aliphatic heterocycles. The van der Waals surface area contributed by atoms with Gasteiger partial charge in [-0.05, 0) is 12.5 Å². The molecule has 82 valence electrons. The van der Waals surface area contributed by atoms with E-state index in [1.54, 1.807) is 6.20 Å². The number of pyridine rings is 1. The van der Waals surface area contributed by atoms with Crippen molar-refractivity contribution in [1.29, 1.82) is 0 Å². The molecule has 0 aromatic carbocycles. The van der Waals surface area contributed by atoms with Crippen LogP contribution in [0.5, 0.6) is 0 Å². The zero-order chi connectivity index (χ0) is 10.7. The van der Waals surface area contributed by atoms with Crippen LogP contribution in [0.4, 0.5) is 5.82 Å². The number of hydrogen-bond donors (Lipinski definition) is 2. The fourth-order valence-corrected chi connectivity index (χ4v) is 1.99. The van der Waals surface area contributed by atoms with Gasteiger partial charge in [-0.3, -0.25) is 4.90 Å². The molecule has 15 heavy (non-hydrogen) atoms. The minimum absolute atomic E-state index is 0.153. The molecule has 0 spiro atoms. The highest BCUT2D eigenvalue weighted by Gasteiger charge is 2.20. The monoisotopic (exact) mass is 207 g/mol. The smallest absolute Gasteiger partial charge is 0.130 e. The van der Waals surface area contributed by atoms with Gasteiger partial charge >= 0.3 is 0 Å². The first kappa shape index (κ1) is 10.4. The molecule has 2 N–H and O–H groups in total. The minimum Gasteiger partial charge on any atom is -0.392 e. The summed E-state index contributed by atoms with van der Waals surface area (Å²) in [6.07, 6.45) is 2.52. The Morgan fingerprint density at radius 1 is 1.67 bits per heavy atom. The summed E-state index contributed by atoms with van der Waals surface area (Å²) in [6, 6.07) is 4.02. The predicted octanol–water partition coefficient (Wildman–Crippen LogP) is 0.690. The van der Waals surface area contributed by atoms with Gasteiger partial charge in [0.05, 0.1) is 6.10 Å². The van der Waals surface area contributed by atoms with Gasteiger partial charge in [-0.2, -0.15) is 0 Å². The number of aliphatic hydroxyl groups is 1. The number of nitrogens with one attached hydrogen (secondary N) is 1. The van der Waals surface area contributed by atoms with Crippen LogP contribution in [-0.2, 0) is 6.54 Å². The van der Waals surface area contributed by atoms with E-state index in [9.17, 15) is 5.11 Å². The lowest BCUT2D eigenvalue weighted by molar-refractivity contribution is 0.175. The minimum atomic E-state index is -0.153. The molecule has 0 aliphatic carbocycles. The molecule has 1 saturated heterocycles. The van der Waals surface area contributed by atoms with Gasteiger partial charge in [-0.1, -0.05) is 6.07 Å². The van der Waals surface area contributed by atoms with Gasteiger partial charge in [-0.15, -0.1) is 0 Å². The van der Waals surface area contributed by atoms with E-state index in [2.05, 4.69) is 21.3 Å². The normalized spacial score (nSPS) is 21.9. The molecule has 2 rings (SSSR count). The van der Waals surface area contributed by atoms with Crippen molar-refractivity contribution >= 4 is 5.82 Å². The van der Waals surface area contributed by atoms with Crippen molar-refractivity contribution in [3.8, 4) is 0 Å². The first-order valence-corrected chi connectivity index (χ1v) is 5.31. The maximum absolute atomic E-state index is 9.43. The van der Waals surface area contributed by atoms with Gasteiger partial charge in [0.2, 0.25) is 0 Å². The van der Waals surface area contributed by atoms with E-state index in [0.717, 1.165) is 31.9 Å². The molecule has 1 unspecified atom stereocenters. The topological polar surface area (TPSA) is 48.4 Å². The molecule has 1 aromatic rings. The van der Waals surface area contributed by atoms with Crippen molar-refractivity contribution in [3.63, 3.8) is 0 Å². The average Bonchev–Trinajstić information content (AvgIpc) is 2.65. The van der Waals surface area contributed by atoms with E-state index in [0.29, 0.717) is 0 Å². The summed E-state index contributed by atoms with van der Waals surface area (Å²) in [4.78, 5) is 6.51. The van der Waals surface area contributed by atoms with E-state index < -0.39 is 0 Å². The molecule has 1 fully saturated rings. The number of hydrogen-bond acceptors (Lipinski definition) is 4. The Kier molecular flexibility index (Phi) is 3.18. The lowest BCUT2D eigenvalue weighted by Crippen LogP contribution is -2.22. The van der Waals surface area contributed by atoms with Crippen molar-refractivity contribution in [2.45, 2.75) is 19.1 Å². The summed E-state index contributed by atoms with van der Waals surface area (Å²) in [5, 5.41) is 12.5. The van der Waals surface area contributed by atoms with Gasteiger partial charge in [-0.25, -0.2) is 4.98 Å². The van der Waals surface area contributed by atoms with E-state index in [-0.39, 0.29) is 6.10 Å². The third-order valence-electron chi connectivity index (χ3n) is 2.77. The molecular formula is C11H17N3O. The molecule has 0 saturated carbocycles. The Morgan fingerprint density at radius 3 is 3.20 bits per heavy atom. The first-order valence-electron chi connectivity index (χ1n) is 5.31. The van der Waals surface area contributed by atoms with Crippen LogP contribution in [0.25, 0.3) is 0 Å². The van der Waals surface area contributed by atoms with Crippen molar-refractivity contribution in [1.82, 2.24) is 9.88 Å². The maximum atomic E-state index is 9.43. The number of β-amino-alcohol motifs (C(OH)–C–C–N with tert-alkyl or cyclic N) is 1. The van der Waals surface area contributed by atoms with Crippen LogP contribution in [0.15, 0.2) is 18.3 Å². The summed E-state index contributed by atoms with van der Waals surface area (Å²) in [6.45, 7) is 2.61. The lowest BCUT2D eigenvalue weighted by Gasteiger charge is -2.16. The highest BCUT2D eigenvalue weighted by atomic mass is 16.3. The highest BCUT2D eigenvalue weighted by molar-refractivity contribution is 5.42. The third kappa shape index (κ3) is 2.46. The van der Waals surface area contributed by atoms with Crippen molar-refractivity contribution in [2.75, 3.05) is 25.5 Å². The fourth-order valence-electron chi connectivity index (χ4n) is 1.99. The molecule has 0 amide bonds. The van der Waals surface area contributed by atoms with Crippen molar-refractivity contribution < 1.29 is 5.11 Å². The third-order valence-corrected chi connectivity index (χ3v) is 2.77. The van der Waals surface area contributed by atoms with Crippen molar-refractivity contribution in [3.05, 3.63) is 23.9 Å². The second-order valence-electron chi connectivity index (χ2n) is 3.94. The van der Waals surface area contributed by atoms with E-state index in [4.69, 9.17) is 0 Å². The van der Waals surface area contributed by atoms with Gasteiger partial charge < -0.3 is 10.4 Å². The highest BCUT2D eigenvalue weighted by Crippen LogP contribution is 2.17. The second kappa shape index (κ2) is 4.59. The standard InChI is InChI=1S/C11H17N3O/c1-12-11-9(3-2-5-13-11)7-14-6-4-10(15)8-14/h2-3,5,10,15H,4,6-8H2,1H3,(H,12,13). The van der Waals surface area contributed by atoms with Crippen LogP contribution in [0.1, 0.15) is 12.0 Å². The summed E-state index contributed by atoms with van der Waals surface area (Å²) >= 11 is 0. The fraction of sp³-hybridized carbons (Fsp3) is 0.545. The molecule has 2 heterocycles. The van der Waals surface area contributed by atoms with Gasteiger partial charge in [0.15, 0.2) is 0 Å². The van der Waals surface area contributed by atoms with Crippen LogP contribution >= 0.6 is 0 Å². The zero-order valence-electron chi connectivity index (χ0n) is 8.98. The maximum Gasteiger partial charge on any atom is 0.130 e. The average molecular weight is 207 g/mol. The van der Waals surface area contributed by atoms with Crippen LogP contribution in [0.3, 0.4) is 0 Å². The van der Waals surface area contributed by atoms with E-state index in [1.165, 1.54) is 5.56 Å². The molecule has 1 aromatic heterocycles. The molecule has 4 heteroatoms. The van der Waals surface area contributed by atoms with Gasteiger partial charge in [0, 0.05) is 38.4 Å². The number of rotatable bonds is 3. The molecule has 4 nitrogen and oxygen atoms in total. The SMILES string of the molecule is CNc1ncccc1CN1CCC(O)C1. The van der Waals surface area contributed by atoms with Crippen LogP contribution in [-0.4, -0.2) is 41.2 Å². The number of nitrogens with zero attached hydrogens (tertiary/aromatic N) is 2. The number of likely N-dealkylation sites (tertiary alicyclic amines) is 1. The quantitative estimate of drug-likeness (QED) is 0.765. The Hall–Kier alpha value is -1.13. The first-order chi connectivity index (χ1) is 7.29. The van der Waals surface area contributed by atoms with Crippen LogP contribution < -0.4 is 5.32 Å². The summed E-state index contributed by atoms with van der Waals surface area (Å²) in [7, 11) is 1.88. The molecular weight excluding hydrogens is 190 g/mol. The Balaban J connectivity index is 2.04. The van der Waals surface area contributed by atoms with Gasteiger partial charge in [0.25, 0.3) is 0 Å².